The number of primary amides is 1. The molecule has 0 bridgehead atoms. The minimum atomic E-state index is -1.70. The molecule has 204 valence electrons. The summed E-state index contributed by atoms with van der Waals surface area (Å²) in [4.78, 5) is 75.5. The molecule has 0 aromatic heterocycles. The number of nitrogens with zero attached hydrogens (tertiary/aromatic N) is 1. The molecule has 0 aliphatic heterocycles. The first-order valence-electron chi connectivity index (χ1n) is 10.7. The second-order valence-corrected chi connectivity index (χ2v) is 8.61. The molecule has 0 radical (unpaired) electrons. The van der Waals surface area contributed by atoms with Crippen LogP contribution in [0.2, 0.25) is 0 Å². The normalized spacial score (nSPS) is 13.8. The molecule has 0 heterocycles. The van der Waals surface area contributed by atoms with Gasteiger partial charge in [0, 0.05) is 6.54 Å². The van der Waals surface area contributed by atoms with E-state index in [4.69, 9.17) is 28.0 Å². The van der Waals surface area contributed by atoms with Gasteiger partial charge >= 0.3 is 11.9 Å². The average Bonchev–Trinajstić information content (AvgIpc) is 2.77. The fourth-order valence-electron chi connectivity index (χ4n) is 2.76. The number of carboxylic acids is 2. The predicted octanol–water partition coefficient (Wildman–Crippen LogP) is -3.99. The Morgan fingerprint density at radius 3 is 1.83 bits per heavy atom. The van der Waals surface area contributed by atoms with Gasteiger partial charge in [0.05, 0.1) is 18.9 Å². The molecular formula is C19H34N8O8S. The minimum absolute atomic E-state index is 0.0530. The Hall–Kier alpha value is -3.60. The Morgan fingerprint density at radius 2 is 1.36 bits per heavy atom. The van der Waals surface area contributed by atoms with Gasteiger partial charge in [0.2, 0.25) is 23.6 Å². The van der Waals surface area contributed by atoms with Crippen molar-refractivity contribution in [2.24, 2.45) is 27.9 Å². The highest BCUT2D eigenvalue weighted by atomic mass is 32.2. The molecule has 0 saturated heterocycles. The second kappa shape index (κ2) is 16.9. The lowest BCUT2D eigenvalue weighted by molar-refractivity contribution is -0.144. The van der Waals surface area contributed by atoms with Crippen molar-refractivity contribution in [1.29, 1.82) is 0 Å². The van der Waals surface area contributed by atoms with Gasteiger partial charge in [0.15, 0.2) is 5.96 Å². The number of amides is 4. The summed E-state index contributed by atoms with van der Waals surface area (Å²) in [5.41, 5.74) is 21.3. The number of nitrogens with two attached hydrogens (primary N) is 4. The van der Waals surface area contributed by atoms with Crippen LogP contribution in [-0.2, 0) is 28.8 Å². The maximum atomic E-state index is 12.7. The van der Waals surface area contributed by atoms with E-state index in [1.807, 2.05) is 0 Å². The zero-order chi connectivity index (χ0) is 27.8. The number of nitrogens with one attached hydrogen (secondary N) is 3. The van der Waals surface area contributed by atoms with Crippen LogP contribution < -0.4 is 38.9 Å². The summed E-state index contributed by atoms with van der Waals surface area (Å²) in [6, 6.07) is -5.70. The van der Waals surface area contributed by atoms with Gasteiger partial charge in [-0.1, -0.05) is 0 Å². The number of thioether (sulfide) groups is 1. The molecular weight excluding hydrogens is 500 g/mol. The SMILES string of the molecule is CSCCC(NC(=O)C(CC(=O)O)NC(=O)C(CC(N)=O)NC(=O)C(N)CCCN=C(N)N)C(=O)O. The van der Waals surface area contributed by atoms with Gasteiger partial charge < -0.3 is 49.1 Å². The monoisotopic (exact) mass is 534 g/mol. The van der Waals surface area contributed by atoms with Gasteiger partial charge in [0.1, 0.15) is 18.1 Å². The third kappa shape index (κ3) is 14.0. The molecule has 0 spiro atoms. The van der Waals surface area contributed by atoms with Gasteiger partial charge in [0.25, 0.3) is 0 Å². The van der Waals surface area contributed by atoms with Crippen LogP contribution >= 0.6 is 11.8 Å². The van der Waals surface area contributed by atoms with Crippen molar-refractivity contribution < 1.29 is 39.0 Å². The van der Waals surface area contributed by atoms with Crippen molar-refractivity contribution in [1.82, 2.24) is 16.0 Å². The van der Waals surface area contributed by atoms with Crippen molar-refractivity contribution in [3.63, 3.8) is 0 Å². The third-order valence-corrected chi connectivity index (χ3v) is 5.22. The molecule has 4 amide bonds. The van der Waals surface area contributed by atoms with Crippen molar-refractivity contribution in [2.75, 3.05) is 18.6 Å². The first-order valence-corrected chi connectivity index (χ1v) is 12.1. The van der Waals surface area contributed by atoms with E-state index < -0.39 is 72.6 Å². The minimum Gasteiger partial charge on any atom is -0.481 e. The Kier molecular flexibility index (Phi) is 15.2. The Morgan fingerprint density at radius 1 is 0.833 bits per heavy atom. The second-order valence-electron chi connectivity index (χ2n) is 7.63. The first kappa shape index (κ1) is 32.4. The number of rotatable bonds is 18. The zero-order valence-corrected chi connectivity index (χ0v) is 20.6. The maximum Gasteiger partial charge on any atom is 0.326 e. The van der Waals surface area contributed by atoms with E-state index in [2.05, 4.69) is 20.9 Å². The van der Waals surface area contributed by atoms with Crippen LogP contribution in [-0.4, -0.2) is 94.5 Å². The summed E-state index contributed by atoms with van der Waals surface area (Å²) < 4.78 is 0. The van der Waals surface area contributed by atoms with Crippen LogP contribution in [0.15, 0.2) is 4.99 Å². The highest BCUT2D eigenvalue weighted by Crippen LogP contribution is 2.04. The number of aliphatic imine (C=N–C) groups is 1. The van der Waals surface area contributed by atoms with Crippen molar-refractivity contribution >= 4 is 53.3 Å². The summed E-state index contributed by atoms with van der Waals surface area (Å²) >= 11 is 1.34. The summed E-state index contributed by atoms with van der Waals surface area (Å²) in [5.74, 6) is -6.50. The van der Waals surface area contributed by atoms with E-state index in [-0.39, 0.29) is 25.3 Å². The van der Waals surface area contributed by atoms with E-state index in [0.29, 0.717) is 12.2 Å². The van der Waals surface area contributed by atoms with E-state index in [0.717, 1.165) is 0 Å². The first-order chi connectivity index (χ1) is 16.8. The van der Waals surface area contributed by atoms with E-state index >= 15 is 0 Å². The van der Waals surface area contributed by atoms with E-state index in [1.54, 1.807) is 6.26 Å². The summed E-state index contributed by atoms with van der Waals surface area (Å²) in [6.07, 6.45) is 0.680. The molecule has 0 aromatic rings. The molecule has 0 aliphatic rings. The molecule has 0 fully saturated rings. The average molecular weight is 535 g/mol. The van der Waals surface area contributed by atoms with E-state index in [9.17, 15) is 33.9 Å². The summed E-state index contributed by atoms with van der Waals surface area (Å²) in [7, 11) is 0. The number of carbonyl (C=O) groups excluding carboxylic acids is 4. The third-order valence-electron chi connectivity index (χ3n) is 4.58. The molecule has 0 rings (SSSR count). The molecule has 16 nitrogen and oxygen atoms in total. The summed E-state index contributed by atoms with van der Waals surface area (Å²) in [5, 5.41) is 25.0. The predicted molar refractivity (Wildman–Crippen MR) is 130 cm³/mol. The Bertz CT molecular complexity index is 836. The topological polar surface area (TPSA) is 295 Å². The highest BCUT2D eigenvalue weighted by Gasteiger charge is 2.32. The largest absolute Gasteiger partial charge is 0.481 e. The zero-order valence-electron chi connectivity index (χ0n) is 19.8. The molecule has 0 aliphatic carbocycles. The number of guanidine groups is 1. The lowest BCUT2D eigenvalue weighted by atomic mass is 10.1. The molecule has 0 aromatic carbocycles. The number of aliphatic carboxylic acids is 2. The number of hydrogen-bond donors (Lipinski definition) is 9. The number of carboxylic acid groups (broad SMARTS) is 2. The van der Waals surface area contributed by atoms with Crippen molar-refractivity contribution in [3.05, 3.63) is 0 Å². The molecule has 4 atom stereocenters. The van der Waals surface area contributed by atoms with Gasteiger partial charge in [-0.3, -0.25) is 29.0 Å². The molecule has 4 unspecified atom stereocenters. The highest BCUT2D eigenvalue weighted by molar-refractivity contribution is 7.98. The van der Waals surface area contributed by atoms with Crippen molar-refractivity contribution in [3.8, 4) is 0 Å². The van der Waals surface area contributed by atoms with Gasteiger partial charge in [-0.2, -0.15) is 11.8 Å². The van der Waals surface area contributed by atoms with Crippen LogP contribution in [0.5, 0.6) is 0 Å². The smallest absolute Gasteiger partial charge is 0.326 e. The van der Waals surface area contributed by atoms with Crippen LogP contribution in [0, 0.1) is 0 Å². The lowest BCUT2D eigenvalue weighted by Gasteiger charge is -2.24. The fourth-order valence-corrected chi connectivity index (χ4v) is 3.23. The van der Waals surface area contributed by atoms with Crippen LogP contribution in [0.4, 0.5) is 0 Å². The van der Waals surface area contributed by atoms with Gasteiger partial charge in [-0.25, -0.2) is 4.79 Å². The number of hydrogen-bond acceptors (Lipinski definition) is 9. The van der Waals surface area contributed by atoms with E-state index in [1.165, 1.54) is 11.8 Å². The Balaban J connectivity index is 5.41. The molecule has 17 heteroatoms. The molecule has 0 saturated carbocycles. The van der Waals surface area contributed by atoms with Crippen molar-refractivity contribution in [2.45, 2.75) is 56.3 Å². The van der Waals surface area contributed by atoms with Crippen LogP contribution in [0.3, 0.4) is 0 Å². The van der Waals surface area contributed by atoms with Crippen LogP contribution in [0.25, 0.3) is 0 Å². The van der Waals surface area contributed by atoms with Crippen LogP contribution in [0.1, 0.15) is 32.1 Å². The number of carbonyl (C=O) groups is 6. The van der Waals surface area contributed by atoms with Gasteiger partial charge in [-0.15, -0.1) is 0 Å². The fraction of sp³-hybridized carbons (Fsp3) is 0.632. The Labute approximate surface area is 211 Å². The standard InChI is InChI=1S/C19H34N8O8S/c1-36-6-4-10(18(34)35)25-17(33)12(8-14(29)30)27-16(32)11(7-13(21)28)26-15(31)9(20)3-2-5-24-19(22)23/h9-12H,2-8,20H2,1H3,(H2,21,28)(H,25,33)(H,26,31)(H,27,32)(H,29,30)(H,34,35)(H4,22,23,24). The summed E-state index contributed by atoms with van der Waals surface area (Å²) in [6.45, 7) is 0.203. The molecule has 36 heavy (non-hydrogen) atoms. The molecule has 13 N–H and O–H groups in total. The maximum absolute atomic E-state index is 12.7. The lowest BCUT2D eigenvalue weighted by Crippen LogP contribution is -2.58. The van der Waals surface area contributed by atoms with Gasteiger partial charge in [-0.05, 0) is 31.3 Å². The quantitative estimate of drug-likeness (QED) is 0.0462.